The monoisotopic (exact) mass is 516 g/mol. The molecule has 9 heteroatoms. The van der Waals surface area contributed by atoms with Crippen LogP contribution in [-0.4, -0.2) is 20.5 Å². The molecule has 0 radical (unpaired) electrons. The molecule has 0 aliphatic heterocycles. The van der Waals surface area contributed by atoms with Gasteiger partial charge in [-0.3, -0.25) is 4.57 Å². The van der Waals surface area contributed by atoms with Crippen molar-refractivity contribution in [1.82, 2.24) is 19.9 Å². The van der Waals surface area contributed by atoms with E-state index in [2.05, 4.69) is 20.3 Å². The molecule has 0 spiro atoms. The van der Waals surface area contributed by atoms with Crippen LogP contribution in [0.3, 0.4) is 0 Å². The Bertz CT molecular complexity index is 897. The molecule has 0 bridgehead atoms. The molecule has 3 N–H and O–H groups in total. The summed E-state index contributed by atoms with van der Waals surface area (Å²) in [5, 5.41) is 4.31. The maximum Gasteiger partial charge on any atom is 0.189 e. The first-order valence-corrected chi connectivity index (χ1v) is 8.73. The number of guanidine groups is 1. The Hall–Kier alpha value is -1.84. The summed E-state index contributed by atoms with van der Waals surface area (Å²) in [4.78, 5) is 12.7. The quantitative estimate of drug-likeness (QED) is 0.300. The minimum Gasteiger partial charge on any atom is -0.370 e. The maximum absolute atomic E-state index is 6.22. The van der Waals surface area contributed by atoms with Crippen molar-refractivity contribution in [1.29, 1.82) is 0 Å². The summed E-state index contributed by atoms with van der Waals surface area (Å²) >= 11 is 12.1. The molecule has 1 aromatic carbocycles. The van der Waals surface area contributed by atoms with Gasteiger partial charge in [-0.15, -0.1) is 24.0 Å². The van der Waals surface area contributed by atoms with Gasteiger partial charge in [0.2, 0.25) is 0 Å². The van der Waals surface area contributed by atoms with Crippen molar-refractivity contribution in [3.05, 3.63) is 76.4 Å². The van der Waals surface area contributed by atoms with E-state index in [0.717, 1.165) is 16.9 Å². The fourth-order valence-corrected chi connectivity index (χ4v) is 3.00. The van der Waals surface area contributed by atoms with E-state index in [-0.39, 0.29) is 30.0 Å². The van der Waals surface area contributed by atoms with E-state index in [9.17, 15) is 0 Å². The molecule has 1 unspecified atom stereocenters. The van der Waals surface area contributed by atoms with E-state index < -0.39 is 0 Å². The highest BCUT2D eigenvalue weighted by atomic mass is 127. The van der Waals surface area contributed by atoms with Crippen LogP contribution in [0, 0.1) is 0 Å². The number of nitrogens with one attached hydrogen (secondary N) is 1. The Morgan fingerprint density at radius 2 is 2.11 bits per heavy atom. The number of halogens is 3. The molecule has 6 nitrogen and oxygen atoms in total. The van der Waals surface area contributed by atoms with Crippen molar-refractivity contribution in [3.63, 3.8) is 0 Å². The number of hydrogen-bond donors (Lipinski definition) is 2. The number of imidazole rings is 1. The van der Waals surface area contributed by atoms with Gasteiger partial charge in [0, 0.05) is 28.6 Å². The molecule has 0 aliphatic carbocycles. The number of rotatable bonds is 5. The summed E-state index contributed by atoms with van der Waals surface area (Å²) in [5.74, 6) is 1.13. The summed E-state index contributed by atoms with van der Waals surface area (Å²) in [6, 6.07) is 9.14. The first-order valence-electron chi connectivity index (χ1n) is 7.97. The van der Waals surface area contributed by atoms with Crippen molar-refractivity contribution >= 4 is 53.1 Å². The maximum atomic E-state index is 6.22. The van der Waals surface area contributed by atoms with Gasteiger partial charge < -0.3 is 11.1 Å². The molecule has 3 aromatic rings. The highest BCUT2D eigenvalue weighted by molar-refractivity contribution is 14.0. The van der Waals surface area contributed by atoms with E-state index in [1.54, 1.807) is 30.9 Å². The number of nitrogens with two attached hydrogens (primary N) is 1. The van der Waals surface area contributed by atoms with Crippen LogP contribution < -0.4 is 11.1 Å². The van der Waals surface area contributed by atoms with Crippen LogP contribution in [0.4, 0.5) is 0 Å². The van der Waals surface area contributed by atoms with Gasteiger partial charge in [0.1, 0.15) is 12.1 Å². The second kappa shape index (κ2) is 9.91. The molecule has 0 amide bonds. The Labute approximate surface area is 184 Å². The third kappa shape index (κ3) is 5.82. The second-order valence-electron chi connectivity index (χ2n) is 5.73. The molecule has 2 aromatic heterocycles. The molecule has 0 fully saturated rings. The number of aliphatic imine (C=N–C) groups is 1. The van der Waals surface area contributed by atoms with Gasteiger partial charge in [-0.05, 0) is 36.2 Å². The van der Waals surface area contributed by atoms with Crippen molar-refractivity contribution in [2.75, 3.05) is 0 Å². The molecule has 3 rings (SSSR count). The van der Waals surface area contributed by atoms with E-state index in [4.69, 9.17) is 28.9 Å². The van der Waals surface area contributed by atoms with Crippen molar-refractivity contribution in [2.24, 2.45) is 10.7 Å². The number of hydrogen-bond acceptors (Lipinski definition) is 3. The Balaban J connectivity index is 0.00000261. The molecular weight excluding hydrogens is 498 g/mol. The lowest BCUT2D eigenvalue weighted by Gasteiger charge is -2.16. The second-order valence-corrected chi connectivity index (χ2v) is 6.57. The van der Waals surface area contributed by atoms with Gasteiger partial charge in [-0.1, -0.05) is 35.3 Å². The van der Waals surface area contributed by atoms with E-state index in [1.165, 1.54) is 0 Å². The SMILES string of the molecule is CC(NC(N)=NCc1ccc(-n2ccnc2)nc1)c1ccc(Cl)cc1Cl.I. The van der Waals surface area contributed by atoms with Gasteiger partial charge >= 0.3 is 0 Å². The molecule has 2 heterocycles. The lowest BCUT2D eigenvalue weighted by atomic mass is 10.1. The molecule has 0 saturated carbocycles. The van der Waals surface area contributed by atoms with Crippen LogP contribution in [-0.2, 0) is 6.54 Å². The number of pyridine rings is 1. The van der Waals surface area contributed by atoms with Crippen molar-refractivity contribution < 1.29 is 0 Å². The van der Waals surface area contributed by atoms with Gasteiger partial charge in [-0.25, -0.2) is 15.0 Å². The van der Waals surface area contributed by atoms with Crippen LogP contribution in [0.1, 0.15) is 24.1 Å². The van der Waals surface area contributed by atoms with E-state index in [1.807, 2.05) is 35.9 Å². The lowest BCUT2D eigenvalue weighted by molar-refractivity contribution is 0.708. The summed E-state index contributed by atoms with van der Waals surface area (Å²) in [7, 11) is 0. The first kappa shape index (κ1) is 21.5. The normalized spacial score (nSPS) is 12.3. The molecule has 0 aliphatic rings. The molecule has 142 valence electrons. The summed E-state index contributed by atoms with van der Waals surface area (Å²) in [6.07, 6.45) is 7.02. The van der Waals surface area contributed by atoms with Crippen LogP contribution in [0.2, 0.25) is 10.0 Å². The number of nitrogens with zero attached hydrogens (tertiary/aromatic N) is 4. The van der Waals surface area contributed by atoms with E-state index in [0.29, 0.717) is 22.5 Å². The number of benzene rings is 1. The minimum atomic E-state index is -0.0924. The standard InChI is InChI=1S/C18H18Cl2N6.HI/c1-12(15-4-3-14(19)8-16(15)20)25-18(21)24-10-13-2-5-17(23-9-13)26-7-6-22-11-26;/h2-9,11-12H,10H2,1H3,(H3,21,24,25);1H. The van der Waals surface area contributed by atoms with Gasteiger partial charge in [0.15, 0.2) is 5.96 Å². The van der Waals surface area contributed by atoms with Gasteiger partial charge in [0.05, 0.1) is 12.6 Å². The Kier molecular flexibility index (Phi) is 7.88. The third-order valence-electron chi connectivity index (χ3n) is 3.80. The molecular formula is C18H19Cl2IN6. The smallest absolute Gasteiger partial charge is 0.189 e. The van der Waals surface area contributed by atoms with Gasteiger partial charge in [-0.2, -0.15) is 0 Å². The highest BCUT2D eigenvalue weighted by Gasteiger charge is 2.10. The van der Waals surface area contributed by atoms with Gasteiger partial charge in [0.25, 0.3) is 0 Å². The lowest BCUT2D eigenvalue weighted by Crippen LogP contribution is -2.34. The summed E-state index contributed by atoms with van der Waals surface area (Å²) in [5.41, 5.74) is 7.84. The van der Waals surface area contributed by atoms with Crippen LogP contribution in [0.25, 0.3) is 5.82 Å². The molecule has 1 atom stereocenters. The van der Waals surface area contributed by atoms with E-state index >= 15 is 0 Å². The average Bonchev–Trinajstić information content (AvgIpc) is 3.15. The topological polar surface area (TPSA) is 81.1 Å². The van der Waals surface area contributed by atoms with Crippen molar-refractivity contribution in [3.8, 4) is 5.82 Å². The largest absolute Gasteiger partial charge is 0.370 e. The first-order chi connectivity index (χ1) is 12.5. The number of aromatic nitrogens is 3. The predicted octanol–water partition coefficient (Wildman–Crippen LogP) is 4.36. The van der Waals surface area contributed by atoms with Crippen molar-refractivity contribution in [2.45, 2.75) is 19.5 Å². The van der Waals surface area contributed by atoms with Crippen LogP contribution in [0.15, 0.2) is 60.2 Å². The fourth-order valence-electron chi connectivity index (χ4n) is 2.43. The minimum absolute atomic E-state index is 0. The zero-order valence-corrected chi connectivity index (χ0v) is 18.4. The molecule has 27 heavy (non-hydrogen) atoms. The zero-order valence-electron chi connectivity index (χ0n) is 14.5. The Morgan fingerprint density at radius 1 is 1.30 bits per heavy atom. The van der Waals surface area contributed by atoms with Crippen LogP contribution in [0.5, 0.6) is 0 Å². The Morgan fingerprint density at radius 3 is 2.74 bits per heavy atom. The highest BCUT2D eigenvalue weighted by Crippen LogP contribution is 2.25. The van der Waals surface area contributed by atoms with Crippen LogP contribution >= 0.6 is 47.2 Å². The molecule has 0 saturated heterocycles. The summed E-state index contributed by atoms with van der Waals surface area (Å²) in [6.45, 7) is 2.38. The average molecular weight is 517 g/mol. The fraction of sp³-hybridized carbons (Fsp3) is 0.167. The summed E-state index contributed by atoms with van der Waals surface area (Å²) < 4.78 is 1.83. The zero-order chi connectivity index (χ0) is 18.5. The predicted molar refractivity (Wildman–Crippen MR) is 120 cm³/mol. The third-order valence-corrected chi connectivity index (χ3v) is 4.37.